The minimum absolute atomic E-state index is 0.472. The summed E-state index contributed by atoms with van der Waals surface area (Å²) in [7, 11) is 0. The number of aliphatic carboxylic acids is 1. The van der Waals surface area contributed by atoms with Gasteiger partial charge in [0, 0.05) is 18.0 Å². The summed E-state index contributed by atoms with van der Waals surface area (Å²) >= 11 is 0. The number of nitrogens with zero attached hydrogens (tertiary/aromatic N) is 4. The smallest absolute Gasteiger partial charge is 0.475 e. The van der Waals surface area contributed by atoms with Crippen molar-refractivity contribution >= 4 is 5.97 Å². The third-order valence-electron chi connectivity index (χ3n) is 1.67. The van der Waals surface area contributed by atoms with Crippen molar-refractivity contribution in [3.8, 4) is 0 Å². The quantitative estimate of drug-likeness (QED) is 0.456. The number of ether oxygens (including phenoxy) is 1. The molecule has 1 aliphatic rings. The standard InChI is InChI=1S/C5H10N4O.C2HF3O2/c6-8-7-5-9-1-3-10-4-2-9;3-2(4,5)1(6)7/h1-5H2;(H,6,7). The van der Waals surface area contributed by atoms with Crippen LogP contribution in [-0.4, -0.2) is 55.1 Å². The molecule has 1 fully saturated rings. The molecule has 1 heterocycles. The van der Waals surface area contributed by atoms with Gasteiger partial charge in [0.1, 0.15) is 0 Å². The second kappa shape index (κ2) is 7.71. The molecule has 1 N–H and O–H groups in total. The van der Waals surface area contributed by atoms with Gasteiger partial charge in [-0.05, 0) is 5.53 Å². The molecule has 98 valence electrons. The first-order chi connectivity index (χ1) is 7.88. The first-order valence-electron chi connectivity index (χ1n) is 4.49. The zero-order valence-corrected chi connectivity index (χ0v) is 8.72. The molecule has 10 heteroatoms. The van der Waals surface area contributed by atoms with E-state index < -0.39 is 12.1 Å². The van der Waals surface area contributed by atoms with Crippen molar-refractivity contribution in [3.05, 3.63) is 10.4 Å². The summed E-state index contributed by atoms with van der Waals surface area (Å²) in [6, 6.07) is 0. The Balaban J connectivity index is 0.000000325. The van der Waals surface area contributed by atoms with E-state index >= 15 is 0 Å². The second-order valence-electron chi connectivity index (χ2n) is 2.91. The predicted molar refractivity (Wildman–Crippen MR) is 50.1 cm³/mol. The summed E-state index contributed by atoms with van der Waals surface area (Å²) in [6.07, 6.45) is -5.08. The minimum Gasteiger partial charge on any atom is -0.475 e. The predicted octanol–water partition coefficient (Wildman–Crippen LogP) is 1.22. The molecule has 0 radical (unpaired) electrons. The Kier molecular flexibility index (Phi) is 7.03. The van der Waals surface area contributed by atoms with Crippen molar-refractivity contribution in [2.75, 3.05) is 33.0 Å². The van der Waals surface area contributed by atoms with Crippen LogP contribution < -0.4 is 0 Å². The third kappa shape index (κ3) is 8.31. The summed E-state index contributed by atoms with van der Waals surface area (Å²) < 4.78 is 36.8. The molecule has 0 aromatic rings. The number of morpholine rings is 1. The topological polar surface area (TPSA) is 98.5 Å². The maximum absolute atomic E-state index is 10.6. The third-order valence-corrected chi connectivity index (χ3v) is 1.67. The second-order valence-corrected chi connectivity index (χ2v) is 2.91. The van der Waals surface area contributed by atoms with Crippen LogP contribution in [0.5, 0.6) is 0 Å². The zero-order valence-electron chi connectivity index (χ0n) is 8.72. The van der Waals surface area contributed by atoms with E-state index in [0.29, 0.717) is 6.67 Å². The van der Waals surface area contributed by atoms with E-state index in [1.54, 1.807) is 0 Å². The number of carboxylic acid groups (broad SMARTS) is 1. The molecule has 1 aliphatic heterocycles. The Morgan fingerprint density at radius 3 is 2.29 bits per heavy atom. The van der Waals surface area contributed by atoms with Crippen molar-refractivity contribution in [2.24, 2.45) is 5.11 Å². The molecule has 1 saturated heterocycles. The van der Waals surface area contributed by atoms with Crippen LogP contribution in [0.15, 0.2) is 5.11 Å². The van der Waals surface area contributed by atoms with Crippen LogP contribution in [-0.2, 0) is 9.53 Å². The van der Waals surface area contributed by atoms with E-state index in [4.69, 9.17) is 20.2 Å². The number of halogens is 3. The highest BCUT2D eigenvalue weighted by molar-refractivity contribution is 5.73. The van der Waals surface area contributed by atoms with Gasteiger partial charge >= 0.3 is 12.1 Å². The van der Waals surface area contributed by atoms with Gasteiger partial charge in [-0.1, -0.05) is 5.11 Å². The van der Waals surface area contributed by atoms with Crippen molar-refractivity contribution in [1.82, 2.24) is 4.90 Å². The molecule has 0 atom stereocenters. The van der Waals surface area contributed by atoms with E-state index in [1.807, 2.05) is 0 Å². The average Bonchev–Trinajstić information content (AvgIpc) is 2.27. The fourth-order valence-electron chi connectivity index (χ4n) is 0.860. The van der Waals surface area contributed by atoms with Crippen molar-refractivity contribution in [1.29, 1.82) is 0 Å². The van der Waals surface area contributed by atoms with E-state index in [9.17, 15) is 13.2 Å². The summed E-state index contributed by atoms with van der Waals surface area (Å²) in [4.78, 5) is 13.6. The Morgan fingerprint density at radius 1 is 1.47 bits per heavy atom. The fraction of sp³-hybridized carbons (Fsp3) is 0.857. The highest BCUT2D eigenvalue weighted by Crippen LogP contribution is 2.13. The van der Waals surface area contributed by atoms with Crippen LogP contribution in [0.1, 0.15) is 0 Å². The summed E-state index contributed by atoms with van der Waals surface area (Å²) in [5, 5.41) is 10.6. The number of carboxylic acids is 1. The summed E-state index contributed by atoms with van der Waals surface area (Å²) in [5.41, 5.74) is 8.00. The molecule has 0 aliphatic carbocycles. The largest absolute Gasteiger partial charge is 0.490 e. The fourth-order valence-corrected chi connectivity index (χ4v) is 0.860. The van der Waals surface area contributed by atoms with Crippen molar-refractivity contribution in [2.45, 2.75) is 6.18 Å². The van der Waals surface area contributed by atoms with Crippen molar-refractivity contribution in [3.63, 3.8) is 0 Å². The lowest BCUT2D eigenvalue weighted by molar-refractivity contribution is -0.192. The van der Waals surface area contributed by atoms with E-state index in [1.165, 1.54) is 0 Å². The molecular formula is C7H11F3N4O3. The first kappa shape index (κ1) is 15.5. The number of rotatable bonds is 2. The van der Waals surface area contributed by atoms with Gasteiger partial charge in [-0.3, -0.25) is 4.90 Å². The normalized spacial score (nSPS) is 16.4. The van der Waals surface area contributed by atoms with Crippen molar-refractivity contribution < 1.29 is 27.8 Å². The van der Waals surface area contributed by atoms with Crippen LogP contribution in [0.25, 0.3) is 10.4 Å². The number of azide groups is 1. The highest BCUT2D eigenvalue weighted by atomic mass is 19.4. The Labute approximate surface area is 94.4 Å². The molecule has 17 heavy (non-hydrogen) atoms. The van der Waals surface area contributed by atoms with Gasteiger partial charge in [0.05, 0.1) is 19.9 Å². The van der Waals surface area contributed by atoms with Gasteiger partial charge in [-0.2, -0.15) is 13.2 Å². The molecule has 0 amide bonds. The summed E-state index contributed by atoms with van der Waals surface area (Å²) in [6.45, 7) is 3.72. The minimum atomic E-state index is -5.08. The van der Waals surface area contributed by atoms with Gasteiger partial charge in [0.15, 0.2) is 0 Å². The first-order valence-corrected chi connectivity index (χ1v) is 4.49. The molecule has 7 nitrogen and oxygen atoms in total. The van der Waals surface area contributed by atoms with Gasteiger partial charge in [-0.15, -0.1) is 0 Å². The lowest BCUT2D eigenvalue weighted by Crippen LogP contribution is -2.36. The molecule has 0 saturated carbocycles. The van der Waals surface area contributed by atoms with Gasteiger partial charge in [-0.25, -0.2) is 4.79 Å². The highest BCUT2D eigenvalue weighted by Gasteiger charge is 2.38. The van der Waals surface area contributed by atoms with E-state index in [2.05, 4.69) is 14.9 Å². The Hall–Kier alpha value is -1.51. The number of alkyl halides is 3. The van der Waals surface area contributed by atoms with E-state index in [-0.39, 0.29) is 0 Å². The number of hydrogen-bond acceptors (Lipinski definition) is 4. The molecule has 0 aromatic heterocycles. The number of hydrogen-bond donors (Lipinski definition) is 1. The van der Waals surface area contributed by atoms with Crippen LogP contribution >= 0.6 is 0 Å². The lowest BCUT2D eigenvalue weighted by Gasteiger charge is -2.24. The molecule has 0 unspecified atom stereocenters. The average molecular weight is 256 g/mol. The molecule has 0 spiro atoms. The monoisotopic (exact) mass is 256 g/mol. The van der Waals surface area contributed by atoms with Crippen LogP contribution in [0.3, 0.4) is 0 Å². The van der Waals surface area contributed by atoms with Crippen LogP contribution in [0.2, 0.25) is 0 Å². The molecule has 0 bridgehead atoms. The number of carbonyl (C=O) groups is 1. The Morgan fingerprint density at radius 2 is 1.94 bits per heavy atom. The SMILES string of the molecule is O=C(O)C(F)(F)F.[N-]=[N+]=NCN1CCOCC1. The molecule has 0 aromatic carbocycles. The maximum atomic E-state index is 10.6. The molecule has 1 rings (SSSR count). The van der Waals surface area contributed by atoms with Gasteiger partial charge in [0.2, 0.25) is 0 Å². The zero-order chi connectivity index (χ0) is 13.3. The van der Waals surface area contributed by atoms with Gasteiger partial charge in [0.25, 0.3) is 0 Å². The van der Waals surface area contributed by atoms with Crippen LogP contribution in [0, 0.1) is 0 Å². The van der Waals surface area contributed by atoms with Crippen LogP contribution in [0.4, 0.5) is 13.2 Å². The molecular weight excluding hydrogens is 245 g/mol. The van der Waals surface area contributed by atoms with Gasteiger partial charge < -0.3 is 9.84 Å². The maximum Gasteiger partial charge on any atom is 0.490 e. The lowest BCUT2D eigenvalue weighted by atomic mass is 10.5. The summed E-state index contributed by atoms with van der Waals surface area (Å²) in [5.74, 6) is -2.76. The van der Waals surface area contributed by atoms with E-state index in [0.717, 1.165) is 26.3 Å². The Bertz CT molecular complexity index is 285.